The van der Waals surface area contributed by atoms with E-state index in [1.807, 2.05) is 51.2 Å². The Bertz CT molecular complexity index is 2010. The van der Waals surface area contributed by atoms with E-state index in [1.165, 1.54) is 12.0 Å². The van der Waals surface area contributed by atoms with Crippen molar-refractivity contribution < 1.29 is 87.0 Å². The molecule has 450 valence electrons. The second-order valence-corrected chi connectivity index (χ2v) is 22.4. The Hall–Kier alpha value is -3.57. The number of aliphatic hydroxyl groups excluding tert-OH is 3. The first kappa shape index (κ1) is 67.9. The van der Waals surface area contributed by atoms with Gasteiger partial charge in [-0.25, -0.2) is 4.79 Å². The van der Waals surface area contributed by atoms with Gasteiger partial charge in [0.05, 0.1) is 90.5 Å². The lowest BCUT2D eigenvalue weighted by Crippen LogP contribution is -2.61. The third-order valence-corrected chi connectivity index (χ3v) is 16.1. The summed E-state index contributed by atoms with van der Waals surface area (Å²) >= 11 is 0. The summed E-state index contributed by atoms with van der Waals surface area (Å²) in [6.07, 6.45) is 11.2. The Morgan fingerprint density at radius 3 is 2.10 bits per heavy atom. The predicted octanol–water partition coefficient (Wildman–Crippen LogP) is 5.61. The molecule has 1 aliphatic carbocycles. The zero-order valence-electron chi connectivity index (χ0n) is 48.8. The first-order valence-corrected chi connectivity index (χ1v) is 28.9. The second-order valence-electron chi connectivity index (χ2n) is 22.4. The molecule has 2 saturated heterocycles. The molecule has 4 N–H and O–H groups in total. The molecular formula is C60H97NO18. The van der Waals surface area contributed by atoms with Crippen LogP contribution in [0.3, 0.4) is 0 Å². The van der Waals surface area contributed by atoms with Crippen LogP contribution in [0.15, 0.2) is 47.6 Å². The number of methoxy groups -OCH3 is 2. The molecule has 0 unspecified atom stereocenters. The van der Waals surface area contributed by atoms with Crippen molar-refractivity contribution in [2.24, 2.45) is 35.5 Å². The molecule has 0 aromatic rings. The Morgan fingerprint density at radius 2 is 1.43 bits per heavy atom. The van der Waals surface area contributed by atoms with E-state index in [0.717, 1.165) is 12.0 Å². The second kappa shape index (κ2) is 35.4. The van der Waals surface area contributed by atoms with E-state index < -0.39 is 77.8 Å². The highest BCUT2D eigenvalue weighted by Gasteiger charge is 2.53. The van der Waals surface area contributed by atoms with Crippen LogP contribution in [0.1, 0.15) is 126 Å². The van der Waals surface area contributed by atoms with Gasteiger partial charge in [0.15, 0.2) is 5.78 Å². The van der Waals surface area contributed by atoms with Gasteiger partial charge in [0.1, 0.15) is 30.1 Å². The molecule has 0 spiro atoms. The standard InChI is InChI=1S/C60H97NO18/c1-39-15-11-10-12-16-40(2)51(77-32-31-75-30-29-74-28-27-73-25-23-62)37-47-20-18-45(7)60(70,79-47)57(67)58(68)61-22-14-13-17-48(61)59(69)78-52(42(4)35-46-19-21-50(76-26-24-63)53(36-46)71-8)38-49(64)41(3)34-44(6)55(66)56(72-9)54(65)43(5)33-39/h10-12,15-16,34,39,41-43,45-48,50-53,55-56,62-63,66,70H,13-14,17-33,35-38H2,1-9H3/b12-10+,15-11+,40-16+,44-34+/t39-,41-,42-,43-,45-,46+,47+,48+,50-,51+,52+,53-,55-,56+,60-/m1/s1. The molecule has 19 nitrogen and oxygen atoms in total. The first-order valence-electron chi connectivity index (χ1n) is 28.9. The van der Waals surface area contributed by atoms with Crippen LogP contribution in [0.5, 0.6) is 0 Å². The lowest BCUT2D eigenvalue weighted by Gasteiger charge is -2.43. The molecule has 0 aromatic carbocycles. The van der Waals surface area contributed by atoms with E-state index in [2.05, 4.69) is 0 Å². The quantitative estimate of drug-likeness (QED) is 0.0500. The normalized spacial score (nSPS) is 35.4. The zero-order valence-corrected chi connectivity index (χ0v) is 48.8. The fraction of sp³-hybridized carbons (Fsp3) is 0.783. The number of carbonyl (C=O) groups excluding carboxylic acids is 5. The van der Waals surface area contributed by atoms with E-state index in [1.54, 1.807) is 40.9 Å². The number of cyclic esters (lactones) is 1. The molecule has 0 radical (unpaired) electrons. The number of Topliss-reactive ketones (excluding diaryl/α,β-unsaturated/α-hetero) is 3. The van der Waals surface area contributed by atoms with Crippen molar-refractivity contribution in [3.05, 3.63) is 47.6 Å². The van der Waals surface area contributed by atoms with Crippen molar-refractivity contribution >= 4 is 29.2 Å². The molecule has 4 aliphatic rings. The molecule has 15 atom stereocenters. The molecular weight excluding hydrogens is 1020 g/mol. The molecule has 4 rings (SSSR count). The maximum Gasteiger partial charge on any atom is 0.329 e. The zero-order chi connectivity index (χ0) is 58.1. The number of ether oxygens (including phenoxy) is 9. The molecule has 3 aliphatic heterocycles. The Labute approximate surface area is 469 Å². The van der Waals surface area contributed by atoms with Crippen molar-refractivity contribution in [3.8, 4) is 0 Å². The molecule has 1 saturated carbocycles. The number of fused-ring (bicyclic) bond motifs is 3. The van der Waals surface area contributed by atoms with E-state index in [4.69, 9.17) is 47.7 Å². The Kier molecular flexibility index (Phi) is 30.5. The van der Waals surface area contributed by atoms with Gasteiger partial charge in [0.25, 0.3) is 11.7 Å². The highest BCUT2D eigenvalue weighted by atomic mass is 16.6. The average molecular weight is 1120 g/mol. The molecule has 0 aromatic heterocycles. The summed E-state index contributed by atoms with van der Waals surface area (Å²) in [5.74, 6) is -8.35. The van der Waals surface area contributed by atoms with Gasteiger partial charge in [-0.1, -0.05) is 71.1 Å². The highest BCUT2D eigenvalue weighted by Crippen LogP contribution is 2.38. The number of piperidine rings is 1. The largest absolute Gasteiger partial charge is 0.460 e. The van der Waals surface area contributed by atoms with Gasteiger partial charge >= 0.3 is 5.97 Å². The molecule has 2 bridgehead atoms. The summed E-state index contributed by atoms with van der Waals surface area (Å²) in [5, 5.41) is 42.1. The molecule has 3 heterocycles. The minimum Gasteiger partial charge on any atom is -0.460 e. The Morgan fingerprint density at radius 1 is 0.747 bits per heavy atom. The van der Waals surface area contributed by atoms with Crippen LogP contribution in [-0.2, 0) is 66.6 Å². The van der Waals surface area contributed by atoms with Crippen LogP contribution in [0.4, 0.5) is 0 Å². The van der Waals surface area contributed by atoms with Crippen molar-refractivity contribution in [1.82, 2.24) is 4.90 Å². The van der Waals surface area contributed by atoms with Crippen LogP contribution in [0.25, 0.3) is 0 Å². The van der Waals surface area contributed by atoms with Crippen molar-refractivity contribution in [2.45, 2.75) is 180 Å². The topological polar surface area (TPSA) is 253 Å². The molecule has 1 amide bonds. The number of amides is 1. The lowest BCUT2D eigenvalue weighted by atomic mass is 9.78. The molecule has 79 heavy (non-hydrogen) atoms. The highest BCUT2D eigenvalue weighted by molar-refractivity contribution is 6.39. The van der Waals surface area contributed by atoms with Crippen molar-refractivity contribution in [1.29, 1.82) is 0 Å². The van der Waals surface area contributed by atoms with Gasteiger partial charge in [-0.15, -0.1) is 0 Å². The van der Waals surface area contributed by atoms with Gasteiger partial charge in [-0.3, -0.25) is 19.2 Å². The smallest absolute Gasteiger partial charge is 0.329 e. The number of aliphatic hydroxyl groups is 4. The molecule has 19 heteroatoms. The van der Waals surface area contributed by atoms with Gasteiger partial charge in [-0.05, 0) is 107 Å². The lowest BCUT2D eigenvalue weighted by molar-refractivity contribution is -0.266. The first-order chi connectivity index (χ1) is 37.8. The number of hydrogen-bond donors (Lipinski definition) is 4. The number of hydrogen-bond acceptors (Lipinski definition) is 18. The fourth-order valence-electron chi connectivity index (χ4n) is 11.3. The average Bonchev–Trinajstić information content (AvgIpc) is 3.45. The fourth-order valence-corrected chi connectivity index (χ4v) is 11.3. The van der Waals surface area contributed by atoms with Crippen LogP contribution in [-0.4, -0.2) is 196 Å². The predicted molar refractivity (Wildman–Crippen MR) is 294 cm³/mol. The number of rotatable bonds is 20. The van der Waals surface area contributed by atoms with Gasteiger partial charge in [-0.2, -0.15) is 0 Å². The van der Waals surface area contributed by atoms with Gasteiger partial charge in [0.2, 0.25) is 5.79 Å². The number of nitrogens with zero attached hydrogens (tertiary/aromatic N) is 1. The van der Waals surface area contributed by atoms with Crippen molar-refractivity contribution in [3.63, 3.8) is 0 Å². The summed E-state index contributed by atoms with van der Waals surface area (Å²) in [5.41, 5.74) is 1.19. The third-order valence-electron chi connectivity index (χ3n) is 16.1. The molecule has 3 fully saturated rings. The summed E-state index contributed by atoms with van der Waals surface area (Å²) < 4.78 is 52.9. The minimum absolute atomic E-state index is 0.0265. The summed E-state index contributed by atoms with van der Waals surface area (Å²) in [6, 6.07) is -1.18. The van der Waals surface area contributed by atoms with Crippen LogP contribution in [0, 0.1) is 35.5 Å². The SMILES string of the molecule is CO[C@@H]1C[C@H](C[C@@H](C)[C@@H]2CC(=O)[C@H](C)/C=C(\C)[C@@H](O)[C@@H](OC)C(=O)[C@H](C)C[C@H](C)/C=C/C=C/C=C(\C)[C@@H](OCCOCCOCCOCCO)C[C@@H]3CC[C@@H](C)[C@@](O)(O3)C(=O)C(=O)N3CCCC[C@H]3C(=O)O2)CC[C@H]1OCCO. The van der Waals surface area contributed by atoms with E-state index in [-0.39, 0.29) is 107 Å². The summed E-state index contributed by atoms with van der Waals surface area (Å²) in [4.78, 5) is 73.0. The maximum absolute atomic E-state index is 14.6. The van der Waals surface area contributed by atoms with Crippen LogP contribution in [0.2, 0.25) is 0 Å². The number of esters is 1. The summed E-state index contributed by atoms with van der Waals surface area (Å²) in [7, 11) is 3.00. The monoisotopic (exact) mass is 1120 g/mol. The Balaban J connectivity index is 1.66. The number of allylic oxidation sites excluding steroid dienone is 6. The van der Waals surface area contributed by atoms with Crippen LogP contribution >= 0.6 is 0 Å². The minimum atomic E-state index is -2.50. The van der Waals surface area contributed by atoms with Crippen molar-refractivity contribution in [2.75, 3.05) is 86.8 Å². The number of ketones is 3. The maximum atomic E-state index is 14.6. The van der Waals surface area contributed by atoms with Gasteiger partial charge < -0.3 is 68.0 Å². The van der Waals surface area contributed by atoms with E-state index in [9.17, 15) is 39.3 Å². The van der Waals surface area contributed by atoms with E-state index in [0.29, 0.717) is 83.4 Å². The van der Waals surface area contributed by atoms with Crippen LogP contribution < -0.4 is 0 Å². The summed E-state index contributed by atoms with van der Waals surface area (Å²) in [6.45, 7) is 14.8. The van der Waals surface area contributed by atoms with E-state index >= 15 is 0 Å². The number of carbonyl (C=O) groups is 5. The third kappa shape index (κ3) is 21.3. The van der Waals surface area contributed by atoms with Gasteiger partial charge in [0, 0.05) is 51.4 Å².